The first-order valence-corrected chi connectivity index (χ1v) is 6.75. The quantitative estimate of drug-likeness (QED) is 0.814. The largest absolute Gasteiger partial charge is 0.496 e. The maximum Gasteiger partial charge on any atom is 0.122 e. The van der Waals surface area contributed by atoms with Gasteiger partial charge >= 0.3 is 0 Å². The second kappa shape index (κ2) is 5.61. The lowest BCUT2D eigenvalue weighted by Crippen LogP contribution is -2.39. The molecule has 0 bridgehead atoms. The summed E-state index contributed by atoms with van der Waals surface area (Å²) >= 11 is 0. The van der Waals surface area contributed by atoms with E-state index in [-0.39, 0.29) is 12.0 Å². The number of nitrogens with one attached hydrogen (secondary N) is 1. The van der Waals surface area contributed by atoms with Crippen molar-refractivity contribution in [3.05, 3.63) is 23.8 Å². The van der Waals surface area contributed by atoms with Crippen molar-refractivity contribution in [2.24, 2.45) is 5.41 Å². The first kappa shape index (κ1) is 13.2. The van der Waals surface area contributed by atoms with E-state index in [9.17, 15) is 5.11 Å². The molecule has 0 unspecified atom stereocenters. The molecule has 1 aromatic rings. The van der Waals surface area contributed by atoms with Gasteiger partial charge in [0, 0.05) is 17.6 Å². The molecule has 100 valence electrons. The van der Waals surface area contributed by atoms with Gasteiger partial charge in [-0.05, 0) is 43.0 Å². The Labute approximate surface area is 109 Å². The van der Waals surface area contributed by atoms with Crippen molar-refractivity contribution in [1.29, 1.82) is 0 Å². The summed E-state index contributed by atoms with van der Waals surface area (Å²) in [4.78, 5) is 0. The summed E-state index contributed by atoms with van der Waals surface area (Å²) in [7, 11) is 1.71. The van der Waals surface area contributed by atoms with Crippen molar-refractivity contribution < 1.29 is 9.84 Å². The molecular formula is C15H23NO2. The number of anilines is 1. The van der Waals surface area contributed by atoms with Crippen molar-refractivity contribution in [1.82, 2.24) is 0 Å². The number of rotatable bonds is 6. The van der Waals surface area contributed by atoms with Crippen LogP contribution in [0.25, 0.3) is 0 Å². The highest BCUT2D eigenvalue weighted by Gasteiger charge is 2.35. The summed E-state index contributed by atoms with van der Waals surface area (Å²) < 4.78 is 5.32. The van der Waals surface area contributed by atoms with Gasteiger partial charge in [0.25, 0.3) is 0 Å². The van der Waals surface area contributed by atoms with Gasteiger partial charge < -0.3 is 15.2 Å². The van der Waals surface area contributed by atoms with E-state index in [1.54, 1.807) is 7.11 Å². The molecule has 0 aliphatic heterocycles. The van der Waals surface area contributed by atoms with Crippen LogP contribution in [-0.2, 0) is 6.42 Å². The molecule has 1 aliphatic carbocycles. The van der Waals surface area contributed by atoms with Crippen LogP contribution < -0.4 is 10.1 Å². The molecule has 0 saturated heterocycles. The zero-order valence-corrected chi connectivity index (χ0v) is 11.3. The number of benzene rings is 1. The minimum atomic E-state index is 0.117. The second-order valence-corrected chi connectivity index (χ2v) is 5.25. The monoisotopic (exact) mass is 249 g/mol. The molecule has 0 heterocycles. The Bertz CT molecular complexity index is 394. The lowest BCUT2D eigenvalue weighted by atomic mass is 9.69. The number of aliphatic hydroxyl groups is 1. The summed E-state index contributed by atoms with van der Waals surface area (Å²) in [6.45, 7) is 3.28. The predicted molar refractivity (Wildman–Crippen MR) is 74.2 cm³/mol. The van der Waals surface area contributed by atoms with Gasteiger partial charge in [0.2, 0.25) is 0 Å². The fourth-order valence-corrected chi connectivity index (χ4v) is 2.52. The summed E-state index contributed by atoms with van der Waals surface area (Å²) in [5.41, 5.74) is 2.45. The zero-order chi connectivity index (χ0) is 13.0. The van der Waals surface area contributed by atoms with Gasteiger partial charge in [-0.25, -0.2) is 0 Å². The molecule has 1 aliphatic rings. The van der Waals surface area contributed by atoms with Crippen LogP contribution in [0.2, 0.25) is 0 Å². The van der Waals surface area contributed by atoms with Crippen LogP contribution >= 0.6 is 0 Å². The van der Waals surface area contributed by atoms with Gasteiger partial charge in [0.15, 0.2) is 0 Å². The third-order valence-electron chi connectivity index (χ3n) is 4.08. The molecule has 3 nitrogen and oxygen atoms in total. The van der Waals surface area contributed by atoms with Crippen LogP contribution in [-0.4, -0.2) is 25.4 Å². The predicted octanol–water partition coefficient (Wildman–Crippen LogP) is 2.83. The van der Waals surface area contributed by atoms with Gasteiger partial charge in [0.05, 0.1) is 13.7 Å². The highest BCUT2D eigenvalue weighted by Crippen LogP contribution is 2.40. The zero-order valence-electron chi connectivity index (χ0n) is 11.3. The molecule has 2 N–H and O–H groups in total. The van der Waals surface area contributed by atoms with E-state index in [1.807, 2.05) is 12.1 Å². The normalized spacial score (nSPS) is 17.1. The average Bonchev–Trinajstić information content (AvgIpc) is 2.37. The van der Waals surface area contributed by atoms with Crippen molar-refractivity contribution >= 4 is 5.69 Å². The molecule has 0 spiro atoms. The molecule has 0 aromatic heterocycles. The van der Waals surface area contributed by atoms with Crippen LogP contribution in [0.1, 0.15) is 31.7 Å². The van der Waals surface area contributed by atoms with E-state index >= 15 is 0 Å². The van der Waals surface area contributed by atoms with E-state index in [0.717, 1.165) is 37.2 Å². The Morgan fingerprint density at radius 1 is 1.39 bits per heavy atom. The summed E-state index contributed by atoms with van der Waals surface area (Å²) in [5, 5.41) is 12.9. The number of methoxy groups -OCH3 is 1. The van der Waals surface area contributed by atoms with Crippen LogP contribution in [0.5, 0.6) is 5.75 Å². The van der Waals surface area contributed by atoms with Crippen LogP contribution in [0.3, 0.4) is 0 Å². The van der Waals surface area contributed by atoms with Gasteiger partial charge in [-0.15, -0.1) is 0 Å². The smallest absolute Gasteiger partial charge is 0.122 e. The fourth-order valence-electron chi connectivity index (χ4n) is 2.52. The molecule has 0 atom stereocenters. The fraction of sp³-hybridized carbons (Fsp3) is 0.600. The molecule has 1 fully saturated rings. The first-order chi connectivity index (χ1) is 8.73. The molecule has 0 amide bonds. The van der Waals surface area contributed by atoms with Gasteiger partial charge in [0.1, 0.15) is 5.75 Å². The minimum absolute atomic E-state index is 0.117. The lowest BCUT2D eigenvalue weighted by molar-refractivity contribution is 0.0576. The Hall–Kier alpha value is -1.22. The van der Waals surface area contributed by atoms with E-state index in [2.05, 4.69) is 18.3 Å². The van der Waals surface area contributed by atoms with Crippen LogP contribution in [0.4, 0.5) is 5.69 Å². The van der Waals surface area contributed by atoms with Crippen molar-refractivity contribution in [2.75, 3.05) is 25.6 Å². The Morgan fingerprint density at radius 3 is 2.67 bits per heavy atom. The van der Waals surface area contributed by atoms with Crippen molar-refractivity contribution in [3.8, 4) is 5.75 Å². The number of aryl methyl sites for hydroxylation is 1. The van der Waals surface area contributed by atoms with E-state index in [4.69, 9.17) is 4.74 Å². The molecule has 18 heavy (non-hydrogen) atoms. The van der Waals surface area contributed by atoms with Crippen LogP contribution in [0.15, 0.2) is 18.2 Å². The Kier molecular flexibility index (Phi) is 4.12. The van der Waals surface area contributed by atoms with Crippen molar-refractivity contribution in [3.63, 3.8) is 0 Å². The highest BCUT2D eigenvalue weighted by molar-refractivity contribution is 5.51. The van der Waals surface area contributed by atoms with E-state index in [1.165, 1.54) is 12.0 Å². The molecule has 3 heteroatoms. The minimum Gasteiger partial charge on any atom is -0.496 e. The number of aliphatic hydroxyl groups excluding tert-OH is 1. The SMILES string of the molecule is CCc1cc(NCC2(CO)CCC2)ccc1OC. The maximum absolute atomic E-state index is 9.44. The molecular weight excluding hydrogens is 226 g/mol. The average molecular weight is 249 g/mol. The van der Waals surface area contributed by atoms with E-state index < -0.39 is 0 Å². The number of ether oxygens (including phenoxy) is 1. The molecule has 1 saturated carbocycles. The topological polar surface area (TPSA) is 41.5 Å². The van der Waals surface area contributed by atoms with Crippen molar-refractivity contribution in [2.45, 2.75) is 32.6 Å². The third kappa shape index (κ3) is 2.61. The summed E-state index contributed by atoms with van der Waals surface area (Å²) in [6, 6.07) is 6.19. The van der Waals surface area contributed by atoms with Crippen LogP contribution in [0, 0.1) is 5.41 Å². The lowest BCUT2D eigenvalue weighted by Gasteiger charge is -2.40. The summed E-state index contributed by atoms with van der Waals surface area (Å²) in [6.07, 6.45) is 4.47. The maximum atomic E-state index is 9.44. The number of hydrogen-bond donors (Lipinski definition) is 2. The molecule has 1 aromatic carbocycles. The standard InChI is InChI=1S/C15H23NO2/c1-3-12-9-13(5-6-14(12)18-2)16-10-15(11-17)7-4-8-15/h5-6,9,16-17H,3-4,7-8,10-11H2,1-2H3. The Morgan fingerprint density at radius 2 is 2.17 bits per heavy atom. The summed E-state index contributed by atoms with van der Waals surface area (Å²) in [5.74, 6) is 0.948. The van der Waals surface area contributed by atoms with Gasteiger partial charge in [-0.1, -0.05) is 13.3 Å². The Balaban J connectivity index is 2.01. The third-order valence-corrected chi connectivity index (χ3v) is 4.08. The van der Waals surface area contributed by atoms with Gasteiger partial charge in [-0.2, -0.15) is 0 Å². The van der Waals surface area contributed by atoms with Gasteiger partial charge in [-0.3, -0.25) is 0 Å². The molecule has 2 rings (SSSR count). The van der Waals surface area contributed by atoms with E-state index in [0.29, 0.717) is 0 Å². The first-order valence-electron chi connectivity index (χ1n) is 6.75. The number of hydrogen-bond acceptors (Lipinski definition) is 3. The second-order valence-electron chi connectivity index (χ2n) is 5.25. The molecule has 0 radical (unpaired) electrons. The highest BCUT2D eigenvalue weighted by atomic mass is 16.5.